The SMILES string of the molecule is O=S(=O)(Oc1cccc(-n2cnnn2)c1)c1cccc(Cl)c1. The molecule has 0 fully saturated rings. The van der Waals surface area contributed by atoms with Crippen LogP contribution >= 0.6 is 11.6 Å². The van der Waals surface area contributed by atoms with Crippen LogP contribution in [0.2, 0.25) is 5.02 Å². The third-order valence-electron chi connectivity index (χ3n) is 2.72. The molecule has 1 heterocycles. The van der Waals surface area contributed by atoms with E-state index in [1.54, 1.807) is 18.2 Å². The number of tetrazole rings is 1. The summed E-state index contributed by atoms with van der Waals surface area (Å²) in [6.07, 6.45) is 1.39. The summed E-state index contributed by atoms with van der Waals surface area (Å²) in [4.78, 5) is -0.0205. The van der Waals surface area contributed by atoms with Gasteiger partial charge in [-0.2, -0.15) is 8.42 Å². The van der Waals surface area contributed by atoms with E-state index in [4.69, 9.17) is 15.8 Å². The molecule has 22 heavy (non-hydrogen) atoms. The van der Waals surface area contributed by atoms with Gasteiger partial charge in [0.05, 0.1) is 5.69 Å². The van der Waals surface area contributed by atoms with Gasteiger partial charge in [-0.1, -0.05) is 23.7 Å². The molecule has 0 aliphatic rings. The van der Waals surface area contributed by atoms with Crippen molar-refractivity contribution in [3.63, 3.8) is 0 Å². The Morgan fingerprint density at radius 2 is 1.91 bits per heavy atom. The standard InChI is InChI=1S/C13H9ClN4O3S/c14-10-3-1-6-13(7-10)22(19,20)21-12-5-2-4-11(8-12)18-9-15-16-17-18/h1-9H. The Morgan fingerprint density at radius 3 is 2.64 bits per heavy atom. The number of rotatable bonds is 4. The highest BCUT2D eigenvalue weighted by molar-refractivity contribution is 7.87. The molecular weight excluding hydrogens is 328 g/mol. The maximum absolute atomic E-state index is 12.2. The van der Waals surface area contributed by atoms with Crippen LogP contribution in [0.15, 0.2) is 59.8 Å². The van der Waals surface area contributed by atoms with Crippen molar-refractivity contribution >= 4 is 21.7 Å². The van der Waals surface area contributed by atoms with E-state index in [-0.39, 0.29) is 10.6 Å². The van der Waals surface area contributed by atoms with Crippen LogP contribution in [0.25, 0.3) is 5.69 Å². The van der Waals surface area contributed by atoms with Crippen LogP contribution in [0.5, 0.6) is 5.75 Å². The van der Waals surface area contributed by atoms with Crippen molar-refractivity contribution in [2.75, 3.05) is 0 Å². The van der Waals surface area contributed by atoms with Crippen molar-refractivity contribution in [3.05, 3.63) is 59.9 Å². The average molecular weight is 337 g/mol. The first kappa shape index (κ1) is 14.5. The third kappa shape index (κ3) is 3.07. The quantitative estimate of drug-likeness (QED) is 0.678. The Morgan fingerprint density at radius 1 is 1.09 bits per heavy atom. The summed E-state index contributed by atoms with van der Waals surface area (Å²) in [5.74, 6) is 0.146. The van der Waals surface area contributed by atoms with Crippen LogP contribution in [-0.4, -0.2) is 28.6 Å². The first-order valence-electron chi connectivity index (χ1n) is 6.08. The maximum Gasteiger partial charge on any atom is 0.339 e. The van der Waals surface area contributed by atoms with Gasteiger partial charge in [-0.3, -0.25) is 0 Å². The molecule has 7 nitrogen and oxygen atoms in total. The number of hydrogen-bond donors (Lipinski definition) is 0. The van der Waals surface area contributed by atoms with E-state index in [0.29, 0.717) is 10.7 Å². The van der Waals surface area contributed by atoms with Gasteiger partial charge >= 0.3 is 10.1 Å². The van der Waals surface area contributed by atoms with Crippen molar-refractivity contribution in [2.24, 2.45) is 0 Å². The van der Waals surface area contributed by atoms with Crippen LogP contribution < -0.4 is 4.18 Å². The molecule has 0 saturated carbocycles. The fourth-order valence-corrected chi connectivity index (χ4v) is 2.98. The van der Waals surface area contributed by atoms with Gasteiger partial charge in [0.15, 0.2) is 0 Å². The Bertz CT molecular complexity index is 897. The molecule has 0 bridgehead atoms. The molecule has 0 unspecified atom stereocenters. The predicted octanol–water partition coefficient (Wildman–Crippen LogP) is 2.08. The molecule has 3 rings (SSSR count). The Hall–Kier alpha value is -2.45. The predicted molar refractivity (Wildman–Crippen MR) is 78.4 cm³/mol. The Labute approximate surface area is 131 Å². The lowest BCUT2D eigenvalue weighted by molar-refractivity contribution is 0.486. The van der Waals surface area contributed by atoms with Crippen LogP contribution in [-0.2, 0) is 10.1 Å². The minimum absolute atomic E-state index is 0.0205. The van der Waals surface area contributed by atoms with Gasteiger partial charge in [0.2, 0.25) is 0 Å². The third-order valence-corrected chi connectivity index (χ3v) is 4.20. The molecule has 112 valence electrons. The molecule has 0 aliphatic carbocycles. The summed E-state index contributed by atoms with van der Waals surface area (Å²) >= 11 is 5.80. The first-order chi connectivity index (χ1) is 10.5. The lowest BCUT2D eigenvalue weighted by atomic mass is 10.3. The summed E-state index contributed by atoms with van der Waals surface area (Å²) in [6, 6.07) is 12.2. The molecule has 3 aromatic rings. The molecule has 0 radical (unpaired) electrons. The topological polar surface area (TPSA) is 87.0 Å². The van der Waals surface area contributed by atoms with Crippen molar-refractivity contribution in [3.8, 4) is 11.4 Å². The van der Waals surface area contributed by atoms with E-state index < -0.39 is 10.1 Å². The highest BCUT2D eigenvalue weighted by Crippen LogP contribution is 2.22. The van der Waals surface area contributed by atoms with Gasteiger partial charge in [0, 0.05) is 11.1 Å². The minimum atomic E-state index is -3.97. The fraction of sp³-hybridized carbons (Fsp3) is 0. The Kier molecular flexibility index (Phi) is 3.78. The summed E-state index contributed by atoms with van der Waals surface area (Å²) in [7, 11) is -3.97. The molecule has 0 N–H and O–H groups in total. The van der Waals surface area contributed by atoms with Gasteiger partial charge in [0.25, 0.3) is 0 Å². The molecule has 0 aliphatic heterocycles. The van der Waals surface area contributed by atoms with Crippen LogP contribution in [0.3, 0.4) is 0 Å². The monoisotopic (exact) mass is 336 g/mol. The van der Waals surface area contributed by atoms with Crippen LogP contribution in [0, 0.1) is 0 Å². The number of hydrogen-bond acceptors (Lipinski definition) is 6. The highest BCUT2D eigenvalue weighted by Gasteiger charge is 2.17. The molecule has 0 amide bonds. The molecule has 0 saturated heterocycles. The maximum atomic E-state index is 12.2. The minimum Gasteiger partial charge on any atom is -0.379 e. The van der Waals surface area contributed by atoms with Gasteiger partial charge in [-0.25, -0.2) is 4.68 Å². The zero-order valence-corrected chi connectivity index (χ0v) is 12.6. The van der Waals surface area contributed by atoms with Gasteiger partial charge in [0.1, 0.15) is 17.0 Å². The van der Waals surface area contributed by atoms with Crippen molar-refractivity contribution < 1.29 is 12.6 Å². The van der Waals surface area contributed by atoms with Crippen LogP contribution in [0.4, 0.5) is 0 Å². The number of benzene rings is 2. The molecule has 2 aromatic carbocycles. The number of halogens is 1. The van der Waals surface area contributed by atoms with E-state index in [1.165, 1.54) is 41.3 Å². The summed E-state index contributed by atoms with van der Waals surface area (Å²) in [5.41, 5.74) is 0.573. The van der Waals surface area contributed by atoms with Gasteiger partial charge in [-0.15, -0.1) is 5.10 Å². The smallest absolute Gasteiger partial charge is 0.339 e. The zero-order valence-electron chi connectivity index (χ0n) is 11.0. The summed E-state index contributed by atoms with van der Waals surface area (Å²) in [5, 5.41) is 11.1. The zero-order chi connectivity index (χ0) is 15.6. The molecule has 0 atom stereocenters. The number of aromatic nitrogens is 4. The van der Waals surface area contributed by atoms with Crippen molar-refractivity contribution in [2.45, 2.75) is 4.90 Å². The normalized spacial score (nSPS) is 11.3. The van der Waals surface area contributed by atoms with E-state index in [9.17, 15) is 8.42 Å². The van der Waals surface area contributed by atoms with E-state index >= 15 is 0 Å². The Balaban J connectivity index is 1.91. The molecule has 0 spiro atoms. The first-order valence-corrected chi connectivity index (χ1v) is 7.87. The molecular formula is C13H9ClN4O3S. The number of nitrogens with zero attached hydrogens (tertiary/aromatic N) is 4. The lowest BCUT2D eigenvalue weighted by Gasteiger charge is -2.08. The second-order valence-corrected chi connectivity index (χ2v) is 6.23. The van der Waals surface area contributed by atoms with E-state index in [0.717, 1.165) is 0 Å². The summed E-state index contributed by atoms with van der Waals surface area (Å²) in [6.45, 7) is 0. The fourth-order valence-electron chi connectivity index (χ4n) is 1.75. The second kappa shape index (κ2) is 5.74. The molecule has 1 aromatic heterocycles. The average Bonchev–Trinajstić information content (AvgIpc) is 3.01. The van der Waals surface area contributed by atoms with Crippen molar-refractivity contribution in [1.82, 2.24) is 20.2 Å². The molecule has 9 heteroatoms. The van der Waals surface area contributed by atoms with E-state index in [2.05, 4.69) is 15.5 Å². The largest absolute Gasteiger partial charge is 0.379 e. The van der Waals surface area contributed by atoms with Gasteiger partial charge in [-0.05, 0) is 40.8 Å². The summed E-state index contributed by atoms with van der Waals surface area (Å²) < 4.78 is 30.9. The highest BCUT2D eigenvalue weighted by atomic mass is 35.5. The van der Waals surface area contributed by atoms with Gasteiger partial charge < -0.3 is 4.18 Å². The van der Waals surface area contributed by atoms with E-state index in [1.807, 2.05) is 0 Å². The lowest BCUT2D eigenvalue weighted by Crippen LogP contribution is -2.10. The van der Waals surface area contributed by atoms with Crippen LogP contribution in [0.1, 0.15) is 0 Å². The van der Waals surface area contributed by atoms with Crippen molar-refractivity contribution in [1.29, 1.82) is 0 Å². The second-order valence-electron chi connectivity index (χ2n) is 4.25.